The molecular formula is C6H11F4NO3. The van der Waals surface area contributed by atoms with Crippen LogP contribution < -0.4 is 6.15 Å². The van der Waals surface area contributed by atoms with Crippen LogP contribution in [-0.4, -0.2) is 29.7 Å². The standard InChI is InChI=1S/C6H8F4O3.H3N/c1-2-3-13-5(7,4(11)12)6(8,9)10;/h2-3H2,1H3,(H,11,12);1H3. The van der Waals surface area contributed by atoms with Gasteiger partial charge in [0, 0.05) is 0 Å². The Balaban J connectivity index is 0. The molecule has 0 aliphatic heterocycles. The molecule has 0 aliphatic rings. The van der Waals surface area contributed by atoms with Gasteiger partial charge in [-0.2, -0.15) is 17.6 Å². The van der Waals surface area contributed by atoms with E-state index in [0.717, 1.165) is 0 Å². The molecule has 0 fully saturated rings. The maximum absolute atomic E-state index is 12.7. The maximum atomic E-state index is 12.7. The van der Waals surface area contributed by atoms with Gasteiger partial charge in [-0.15, -0.1) is 0 Å². The predicted octanol–water partition coefficient (Wildman–Crippen LogP) is 1.89. The third-order valence-electron chi connectivity index (χ3n) is 1.14. The number of ether oxygens (including phenoxy) is 1. The zero-order valence-corrected chi connectivity index (χ0v) is 7.40. The van der Waals surface area contributed by atoms with E-state index in [2.05, 4.69) is 4.74 Å². The van der Waals surface area contributed by atoms with Gasteiger partial charge in [-0.3, -0.25) is 0 Å². The fourth-order valence-electron chi connectivity index (χ4n) is 0.508. The van der Waals surface area contributed by atoms with Gasteiger partial charge < -0.3 is 16.0 Å². The molecule has 0 radical (unpaired) electrons. The number of carboxylic acids is 1. The van der Waals surface area contributed by atoms with Gasteiger partial charge in [0.25, 0.3) is 0 Å². The predicted molar refractivity (Wildman–Crippen MR) is 38.8 cm³/mol. The highest BCUT2D eigenvalue weighted by molar-refractivity contribution is 5.76. The zero-order valence-electron chi connectivity index (χ0n) is 7.40. The first-order valence-electron chi connectivity index (χ1n) is 3.38. The van der Waals surface area contributed by atoms with E-state index >= 15 is 0 Å². The fraction of sp³-hybridized carbons (Fsp3) is 0.833. The van der Waals surface area contributed by atoms with Crippen molar-refractivity contribution in [3.63, 3.8) is 0 Å². The largest absolute Gasteiger partial charge is 0.477 e. The van der Waals surface area contributed by atoms with Crippen molar-refractivity contribution in [3.8, 4) is 0 Å². The molecule has 1 unspecified atom stereocenters. The molecule has 14 heavy (non-hydrogen) atoms. The Morgan fingerprint density at radius 2 is 1.79 bits per heavy atom. The summed E-state index contributed by atoms with van der Waals surface area (Å²) in [6.07, 6.45) is -5.47. The van der Waals surface area contributed by atoms with E-state index in [9.17, 15) is 22.4 Å². The Bertz CT molecular complexity index is 196. The van der Waals surface area contributed by atoms with Gasteiger partial charge >= 0.3 is 18.0 Å². The molecular weight excluding hydrogens is 210 g/mol. The van der Waals surface area contributed by atoms with Crippen molar-refractivity contribution in [1.29, 1.82) is 0 Å². The average Bonchev–Trinajstić information content (AvgIpc) is 1.97. The number of hydrogen-bond acceptors (Lipinski definition) is 3. The summed E-state index contributed by atoms with van der Waals surface area (Å²) in [6, 6.07) is 0. The molecule has 4 nitrogen and oxygen atoms in total. The summed E-state index contributed by atoms with van der Waals surface area (Å²) in [7, 11) is 0. The van der Waals surface area contributed by atoms with Crippen LogP contribution in [-0.2, 0) is 9.53 Å². The average molecular weight is 221 g/mol. The summed E-state index contributed by atoms with van der Waals surface area (Å²) in [5.74, 6) is -7.28. The number of carbonyl (C=O) groups is 1. The monoisotopic (exact) mass is 221 g/mol. The van der Waals surface area contributed by atoms with Crippen LogP contribution in [0.3, 0.4) is 0 Å². The second-order valence-corrected chi connectivity index (χ2v) is 2.25. The highest BCUT2D eigenvalue weighted by atomic mass is 19.4. The lowest BCUT2D eigenvalue weighted by molar-refractivity contribution is -0.322. The van der Waals surface area contributed by atoms with Crippen LogP contribution in [0.5, 0.6) is 0 Å². The molecule has 0 aromatic rings. The summed E-state index contributed by atoms with van der Waals surface area (Å²) in [5, 5.41) is 7.97. The molecule has 0 amide bonds. The Labute approximate surface area is 77.4 Å². The van der Waals surface area contributed by atoms with E-state index in [1.54, 1.807) is 0 Å². The van der Waals surface area contributed by atoms with Gasteiger partial charge in [0.2, 0.25) is 0 Å². The second-order valence-electron chi connectivity index (χ2n) is 2.25. The number of halogens is 4. The highest BCUT2D eigenvalue weighted by Gasteiger charge is 2.64. The first kappa shape index (κ1) is 15.6. The summed E-state index contributed by atoms with van der Waals surface area (Å²) >= 11 is 0. The van der Waals surface area contributed by atoms with Crippen LogP contribution in [0.25, 0.3) is 0 Å². The van der Waals surface area contributed by atoms with Crippen molar-refractivity contribution in [1.82, 2.24) is 6.15 Å². The SMILES string of the molecule is CCCOC(F)(C(=O)O)C(F)(F)F.N. The molecule has 1 atom stereocenters. The molecule has 8 heteroatoms. The Hall–Kier alpha value is -0.890. The van der Waals surface area contributed by atoms with E-state index in [1.807, 2.05) is 0 Å². The van der Waals surface area contributed by atoms with E-state index < -0.39 is 24.6 Å². The lowest BCUT2D eigenvalue weighted by atomic mass is 10.3. The Morgan fingerprint density at radius 3 is 2.00 bits per heavy atom. The quantitative estimate of drug-likeness (QED) is 0.710. The van der Waals surface area contributed by atoms with E-state index in [1.165, 1.54) is 6.92 Å². The highest BCUT2D eigenvalue weighted by Crippen LogP contribution is 2.35. The van der Waals surface area contributed by atoms with Crippen molar-refractivity contribution in [2.45, 2.75) is 25.4 Å². The molecule has 0 rings (SSSR count). The van der Waals surface area contributed by atoms with Crippen molar-refractivity contribution < 1.29 is 32.2 Å². The maximum Gasteiger partial charge on any atom is 0.460 e. The number of carboxylic acid groups (broad SMARTS) is 1. The zero-order chi connectivity index (χ0) is 10.7. The Kier molecular flexibility index (Phi) is 5.68. The number of aliphatic carboxylic acids is 1. The lowest BCUT2D eigenvalue weighted by Crippen LogP contribution is -2.50. The van der Waals surface area contributed by atoms with Crippen LogP contribution in [0.15, 0.2) is 0 Å². The third kappa shape index (κ3) is 3.11. The van der Waals surface area contributed by atoms with Gasteiger partial charge in [-0.25, -0.2) is 4.79 Å². The number of hydrogen-bond donors (Lipinski definition) is 2. The van der Waals surface area contributed by atoms with Crippen LogP contribution in [0.4, 0.5) is 17.6 Å². The van der Waals surface area contributed by atoms with Crippen molar-refractivity contribution >= 4 is 5.97 Å². The van der Waals surface area contributed by atoms with Crippen molar-refractivity contribution in [2.24, 2.45) is 0 Å². The molecule has 0 saturated heterocycles. The van der Waals surface area contributed by atoms with Crippen molar-refractivity contribution in [2.75, 3.05) is 6.61 Å². The smallest absolute Gasteiger partial charge is 0.460 e. The summed E-state index contributed by atoms with van der Waals surface area (Å²) in [4.78, 5) is 9.95. The molecule has 0 aromatic heterocycles. The van der Waals surface area contributed by atoms with Crippen LogP contribution in [0, 0.1) is 0 Å². The van der Waals surface area contributed by atoms with Crippen LogP contribution in [0.2, 0.25) is 0 Å². The topological polar surface area (TPSA) is 81.5 Å². The summed E-state index contributed by atoms with van der Waals surface area (Å²) in [6.45, 7) is 0.820. The summed E-state index contributed by atoms with van der Waals surface area (Å²) in [5.41, 5.74) is 0. The lowest BCUT2D eigenvalue weighted by Gasteiger charge is -2.22. The third-order valence-corrected chi connectivity index (χ3v) is 1.14. The molecule has 4 N–H and O–H groups in total. The fourth-order valence-corrected chi connectivity index (χ4v) is 0.508. The van der Waals surface area contributed by atoms with E-state index in [-0.39, 0.29) is 12.6 Å². The van der Waals surface area contributed by atoms with E-state index in [4.69, 9.17) is 5.11 Å². The van der Waals surface area contributed by atoms with Gasteiger partial charge in [0.1, 0.15) is 0 Å². The van der Waals surface area contributed by atoms with Gasteiger partial charge in [0.15, 0.2) is 0 Å². The van der Waals surface area contributed by atoms with E-state index in [0.29, 0.717) is 0 Å². The number of rotatable bonds is 4. The minimum atomic E-state index is -5.56. The normalized spacial score (nSPS) is 15.5. The van der Waals surface area contributed by atoms with Crippen LogP contribution >= 0.6 is 0 Å². The van der Waals surface area contributed by atoms with Gasteiger partial charge in [-0.05, 0) is 6.42 Å². The molecule has 0 saturated carbocycles. The minimum absolute atomic E-state index is 0. The minimum Gasteiger partial charge on any atom is -0.477 e. The van der Waals surface area contributed by atoms with Crippen LogP contribution in [0.1, 0.15) is 13.3 Å². The molecule has 86 valence electrons. The molecule has 0 aliphatic carbocycles. The first-order chi connectivity index (χ1) is 5.75. The summed E-state index contributed by atoms with van der Waals surface area (Å²) < 4.78 is 51.7. The Morgan fingerprint density at radius 1 is 1.36 bits per heavy atom. The molecule has 0 aromatic carbocycles. The number of alkyl halides is 4. The molecule has 0 heterocycles. The van der Waals surface area contributed by atoms with Gasteiger partial charge in [-0.1, -0.05) is 6.92 Å². The second kappa shape index (κ2) is 5.11. The van der Waals surface area contributed by atoms with Crippen molar-refractivity contribution in [3.05, 3.63) is 0 Å². The van der Waals surface area contributed by atoms with Gasteiger partial charge in [0.05, 0.1) is 6.61 Å². The first-order valence-corrected chi connectivity index (χ1v) is 3.38. The molecule has 0 bridgehead atoms. The molecule has 0 spiro atoms.